The van der Waals surface area contributed by atoms with Gasteiger partial charge in [-0.15, -0.1) is 18.9 Å². The number of likely N-dealkylation sites (tertiary alicyclic amines) is 1. The number of terminal acetylenes is 1. The summed E-state index contributed by atoms with van der Waals surface area (Å²) in [5.41, 5.74) is -0.811. The molecular formula is C44H64N6O7. The number of urea groups is 1. The standard InChI is InChI=1S/C44H64N6O7/c1-9-11-22-29(36(51)40(55)45-23-10-2)46-39(54)35-31-28(44(31,6)7)24-50(35)41(56)33(27-20-16-13-17-21-27)48-42(57)47-30(26-18-14-12-15-19-26)25-49(8)34-32(43(3,4)5)37(52)38(34)53/h1,10,26-31,33,35H,2,11-25H2,3-8H3,(H,45,55)(H,46,54)(H2,47,48,57)/t28?,29?,30-,31+,33+,35+/m1/s1. The normalized spacial score (nSPS) is 23.6. The van der Waals surface area contributed by atoms with Crippen molar-refractivity contribution in [1.29, 1.82) is 0 Å². The van der Waals surface area contributed by atoms with Crippen LogP contribution in [-0.4, -0.2) is 85.3 Å². The minimum atomic E-state index is -1.17. The maximum Gasteiger partial charge on any atom is 0.315 e. The molecule has 0 aromatic heterocycles. The molecule has 1 aromatic rings. The second-order valence-corrected chi connectivity index (χ2v) is 18.6. The van der Waals surface area contributed by atoms with E-state index in [9.17, 15) is 33.6 Å². The Morgan fingerprint density at radius 1 is 0.947 bits per heavy atom. The van der Waals surface area contributed by atoms with E-state index in [1.807, 2.05) is 20.8 Å². The van der Waals surface area contributed by atoms with Crippen LogP contribution in [0.15, 0.2) is 22.2 Å². The highest BCUT2D eigenvalue weighted by Crippen LogP contribution is 2.65. The number of carbonyl (C=O) groups is 5. The van der Waals surface area contributed by atoms with Crippen LogP contribution >= 0.6 is 0 Å². The number of Topliss-reactive ketones (excluding diaryl/α,β-unsaturated/α-hetero) is 1. The SMILES string of the molecule is C#CCCC(NC(=O)[C@@H]1[C@@H]2C(CN1C(=O)[C@@H](NC(=O)N[C@H](CN(C)c1c(C(C)(C)C)c(=O)c1=O)C1CCCCC1)C1CCCCC1)C2(C)C)C(=O)C(=O)NCC=C. The average molecular weight is 789 g/mol. The summed E-state index contributed by atoms with van der Waals surface area (Å²) in [5.74, 6) is -0.167. The molecule has 3 saturated carbocycles. The number of hydrogen-bond donors (Lipinski definition) is 4. The molecule has 1 aliphatic heterocycles. The molecule has 57 heavy (non-hydrogen) atoms. The molecule has 5 amide bonds. The first-order valence-corrected chi connectivity index (χ1v) is 21.0. The maximum absolute atomic E-state index is 14.8. The van der Waals surface area contributed by atoms with Crippen molar-refractivity contribution in [2.45, 2.75) is 141 Å². The molecule has 1 heterocycles. The highest BCUT2D eigenvalue weighted by atomic mass is 16.2. The summed E-state index contributed by atoms with van der Waals surface area (Å²) < 4.78 is 0. The fraction of sp³-hybridized carbons (Fsp3) is 0.705. The van der Waals surface area contributed by atoms with Crippen molar-refractivity contribution in [1.82, 2.24) is 26.2 Å². The molecule has 5 rings (SSSR count). The van der Waals surface area contributed by atoms with Gasteiger partial charge in [-0.2, -0.15) is 0 Å². The topological polar surface area (TPSA) is 174 Å². The van der Waals surface area contributed by atoms with Crippen LogP contribution in [0.25, 0.3) is 0 Å². The third-order valence-corrected chi connectivity index (χ3v) is 13.3. The van der Waals surface area contributed by atoms with Crippen molar-refractivity contribution < 1.29 is 24.0 Å². The number of piperidine rings is 1. The van der Waals surface area contributed by atoms with Gasteiger partial charge in [0.1, 0.15) is 12.1 Å². The van der Waals surface area contributed by atoms with E-state index in [-0.39, 0.29) is 60.4 Å². The fourth-order valence-corrected chi connectivity index (χ4v) is 10.0. The van der Waals surface area contributed by atoms with E-state index in [4.69, 9.17) is 6.42 Å². The smallest absolute Gasteiger partial charge is 0.315 e. The van der Waals surface area contributed by atoms with Gasteiger partial charge in [0.25, 0.3) is 5.91 Å². The first kappa shape index (κ1) is 43.6. The van der Waals surface area contributed by atoms with Gasteiger partial charge >= 0.3 is 6.03 Å². The number of nitrogens with one attached hydrogen (secondary N) is 4. The van der Waals surface area contributed by atoms with E-state index in [2.05, 4.69) is 47.6 Å². The molecule has 4 aliphatic rings. The fourth-order valence-electron chi connectivity index (χ4n) is 10.0. The van der Waals surface area contributed by atoms with Crippen LogP contribution in [0.2, 0.25) is 0 Å². The van der Waals surface area contributed by atoms with Crippen LogP contribution in [0.4, 0.5) is 10.5 Å². The van der Waals surface area contributed by atoms with E-state index in [0.717, 1.165) is 64.2 Å². The van der Waals surface area contributed by atoms with Crippen LogP contribution in [-0.2, 0) is 24.6 Å². The van der Waals surface area contributed by atoms with Crippen molar-refractivity contribution >= 4 is 35.2 Å². The Balaban J connectivity index is 1.37. The molecule has 0 spiro atoms. The lowest BCUT2D eigenvalue weighted by molar-refractivity contribution is -0.144. The molecule has 13 nitrogen and oxygen atoms in total. The molecule has 13 heteroatoms. The number of nitrogens with zero attached hydrogens (tertiary/aromatic N) is 2. The molecule has 1 aromatic carbocycles. The van der Waals surface area contributed by atoms with Gasteiger partial charge in [0.05, 0.1) is 17.8 Å². The number of carbonyl (C=O) groups excluding carboxylic acids is 5. The van der Waals surface area contributed by atoms with Crippen molar-refractivity contribution in [3.05, 3.63) is 38.7 Å². The van der Waals surface area contributed by atoms with Crippen LogP contribution < -0.4 is 37.0 Å². The molecule has 312 valence electrons. The predicted octanol–water partition coefficient (Wildman–Crippen LogP) is 3.47. The lowest BCUT2D eigenvalue weighted by atomic mass is 9.81. The van der Waals surface area contributed by atoms with Crippen LogP contribution in [0.5, 0.6) is 0 Å². The number of amides is 5. The Morgan fingerprint density at radius 2 is 1.56 bits per heavy atom. The van der Waals surface area contributed by atoms with E-state index < -0.39 is 58.0 Å². The van der Waals surface area contributed by atoms with Gasteiger partial charge < -0.3 is 31.1 Å². The average Bonchev–Trinajstić information content (AvgIpc) is 3.47. The van der Waals surface area contributed by atoms with Crippen LogP contribution in [0.1, 0.15) is 117 Å². The molecule has 3 aliphatic carbocycles. The number of likely N-dealkylation sites (N-methyl/N-ethyl adjacent to an activating group) is 1. The summed E-state index contributed by atoms with van der Waals surface area (Å²) in [5, 5.41) is 11.5. The Hall–Kier alpha value is -4.47. The summed E-state index contributed by atoms with van der Waals surface area (Å²) in [7, 11) is 1.79. The van der Waals surface area contributed by atoms with Crippen molar-refractivity contribution in [2.24, 2.45) is 29.1 Å². The van der Waals surface area contributed by atoms with Gasteiger partial charge in [0.2, 0.25) is 28.5 Å². The van der Waals surface area contributed by atoms with Gasteiger partial charge in [-0.25, -0.2) is 4.79 Å². The molecule has 1 saturated heterocycles. The lowest BCUT2D eigenvalue weighted by Gasteiger charge is -2.38. The number of ketones is 1. The molecule has 6 atom stereocenters. The second kappa shape index (κ2) is 18.0. The van der Waals surface area contributed by atoms with E-state index >= 15 is 0 Å². The first-order valence-electron chi connectivity index (χ1n) is 21.0. The Kier molecular flexibility index (Phi) is 13.8. The number of hydrogen-bond acceptors (Lipinski definition) is 8. The largest absolute Gasteiger partial charge is 0.369 e. The second-order valence-electron chi connectivity index (χ2n) is 18.6. The summed E-state index contributed by atoms with van der Waals surface area (Å²) in [6, 6.07) is -3.81. The molecule has 0 radical (unpaired) electrons. The molecule has 2 unspecified atom stereocenters. The van der Waals surface area contributed by atoms with Gasteiger partial charge in [-0.3, -0.25) is 28.8 Å². The first-order chi connectivity index (χ1) is 26.9. The summed E-state index contributed by atoms with van der Waals surface area (Å²) in [6.45, 7) is 14.2. The highest BCUT2D eigenvalue weighted by Gasteiger charge is 2.69. The van der Waals surface area contributed by atoms with Crippen LogP contribution in [0.3, 0.4) is 0 Å². The summed E-state index contributed by atoms with van der Waals surface area (Å²) in [6.07, 6.45) is 16.5. The van der Waals surface area contributed by atoms with Gasteiger partial charge in [0, 0.05) is 38.7 Å². The Labute approximate surface area is 337 Å². The maximum atomic E-state index is 14.8. The third-order valence-electron chi connectivity index (χ3n) is 13.3. The molecular weight excluding hydrogens is 725 g/mol. The van der Waals surface area contributed by atoms with Gasteiger partial charge in [-0.05, 0) is 66.6 Å². The number of rotatable bonds is 16. The summed E-state index contributed by atoms with van der Waals surface area (Å²) in [4.78, 5) is 98.0. The third kappa shape index (κ3) is 9.47. The molecule has 0 bridgehead atoms. The Bertz CT molecular complexity index is 1800. The Morgan fingerprint density at radius 3 is 2.14 bits per heavy atom. The monoisotopic (exact) mass is 788 g/mol. The molecule has 4 fully saturated rings. The zero-order chi connectivity index (χ0) is 41.8. The van der Waals surface area contributed by atoms with E-state index in [1.54, 1.807) is 16.8 Å². The summed E-state index contributed by atoms with van der Waals surface area (Å²) >= 11 is 0. The zero-order valence-corrected chi connectivity index (χ0v) is 34.8. The lowest BCUT2D eigenvalue weighted by Crippen LogP contribution is -2.61. The van der Waals surface area contributed by atoms with Gasteiger partial charge in [0.15, 0.2) is 0 Å². The van der Waals surface area contributed by atoms with Gasteiger partial charge in [-0.1, -0.05) is 79.2 Å². The number of anilines is 1. The van der Waals surface area contributed by atoms with E-state index in [1.165, 1.54) is 6.08 Å². The van der Waals surface area contributed by atoms with Crippen molar-refractivity contribution in [3.8, 4) is 12.3 Å². The van der Waals surface area contributed by atoms with Crippen molar-refractivity contribution in [2.75, 3.05) is 31.6 Å². The number of fused-ring (bicyclic) bond motifs is 1. The minimum absolute atomic E-state index is 0.0494. The molecule has 4 N–H and O–H groups in total. The quantitative estimate of drug-likeness (QED) is 0.112. The van der Waals surface area contributed by atoms with E-state index in [0.29, 0.717) is 24.3 Å². The zero-order valence-electron chi connectivity index (χ0n) is 34.8. The van der Waals surface area contributed by atoms with Crippen molar-refractivity contribution in [3.63, 3.8) is 0 Å². The highest BCUT2D eigenvalue weighted by molar-refractivity contribution is 6.38. The van der Waals surface area contributed by atoms with Crippen LogP contribution in [0, 0.1) is 41.4 Å². The predicted molar refractivity (Wildman–Crippen MR) is 220 cm³/mol. The minimum Gasteiger partial charge on any atom is -0.369 e.